The summed E-state index contributed by atoms with van der Waals surface area (Å²) in [5.41, 5.74) is 0.390. The SMILES string of the molecule is CC(CO)CNC(=O)Nc1nc2c(s1)C(=O)NC(C)(C)C2. The van der Waals surface area contributed by atoms with Gasteiger partial charge in [-0.3, -0.25) is 10.1 Å². The number of amides is 3. The Morgan fingerprint density at radius 1 is 1.57 bits per heavy atom. The van der Waals surface area contributed by atoms with E-state index in [0.717, 1.165) is 0 Å². The number of nitrogens with one attached hydrogen (secondary N) is 3. The van der Waals surface area contributed by atoms with Crippen LogP contribution in [-0.2, 0) is 6.42 Å². The quantitative estimate of drug-likeness (QED) is 0.665. The first-order chi connectivity index (χ1) is 9.80. The van der Waals surface area contributed by atoms with Gasteiger partial charge in [0.2, 0.25) is 0 Å². The zero-order chi connectivity index (χ0) is 15.6. The van der Waals surface area contributed by atoms with Gasteiger partial charge in [0.05, 0.1) is 5.69 Å². The van der Waals surface area contributed by atoms with Gasteiger partial charge in [0.1, 0.15) is 4.88 Å². The van der Waals surface area contributed by atoms with Crippen molar-refractivity contribution >= 4 is 28.4 Å². The zero-order valence-corrected chi connectivity index (χ0v) is 13.1. The predicted molar refractivity (Wildman–Crippen MR) is 80.6 cm³/mol. The molecule has 1 aliphatic heterocycles. The monoisotopic (exact) mass is 312 g/mol. The number of hydrogen-bond acceptors (Lipinski definition) is 5. The van der Waals surface area contributed by atoms with E-state index in [-0.39, 0.29) is 30.0 Å². The minimum absolute atomic E-state index is 0.00757. The molecular formula is C13H20N4O3S. The van der Waals surface area contributed by atoms with Crippen LogP contribution < -0.4 is 16.0 Å². The summed E-state index contributed by atoms with van der Waals surface area (Å²) >= 11 is 1.17. The van der Waals surface area contributed by atoms with Crippen LogP contribution in [0.5, 0.6) is 0 Å². The summed E-state index contributed by atoms with van der Waals surface area (Å²) in [7, 11) is 0. The van der Waals surface area contributed by atoms with E-state index in [0.29, 0.717) is 28.7 Å². The molecule has 116 valence electrons. The van der Waals surface area contributed by atoms with E-state index >= 15 is 0 Å². The zero-order valence-electron chi connectivity index (χ0n) is 12.3. The van der Waals surface area contributed by atoms with E-state index < -0.39 is 0 Å². The molecule has 0 radical (unpaired) electrons. The van der Waals surface area contributed by atoms with E-state index in [1.807, 2.05) is 20.8 Å². The Kier molecular flexibility index (Phi) is 4.48. The number of aliphatic hydroxyl groups excluding tert-OH is 1. The number of carbonyl (C=O) groups is 2. The molecule has 1 aromatic rings. The maximum atomic E-state index is 12.0. The maximum absolute atomic E-state index is 12.0. The number of fused-ring (bicyclic) bond motifs is 1. The smallest absolute Gasteiger partial charge is 0.321 e. The molecule has 21 heavy (non-hydrogen) atoms. The molecule has 0 saturated carbocycles. The Morgan fingerprint density at radius 3 is 2.95 bits per heavy atom. The van der Waals surface area contributed by atoms with Crippen LogP contribution in [0.15, 0.2) is 0 Å². The number of aromatic nitrogens is 1. The number of nitrogens with zero attached hydrogens (tertiary/aromatic N) is 1. The summed E-state index contributed by atoms with van der Waals surface area (Å²) < 4.78 is 0. The number of rotatable bonds is 4. The van der Waals surface area contributed by atoms with E-state index in [1.54, 1.807) is 0 Å². The van der Waals surface area contributed by atoms with Gasteiger partial charge in [-0.25, -0.2) is 9.78 Å². The predicted octanol–water partition coefficient (Wildman–Crippen LogP) is 0.957. The van der Waals surface area contributed by atoms with E-state index in [9.17, 15) is 9.59 Å². The fourth-order valence-electron chi connectivity index (χ4n) is 2.00. The number of hydrogen-bond donors (Lipinski definition) is 4. The largest absolute Gasteiger partial charge is 0.396 e. The highest BCUT2D eigenvalue weighted by molar-refractivity contribution is 7.17. The van der Waals surface area contributed by atoms with Crippen LogP contribution in [0.3, 0.4) is 0 Å². The first kappa shape index (κ1) is 15.7. The van der Waals surface area contributed by atoms with Crippen LogP contribution in [0, 0.1) is 5.92 Å². The van der Waals surface area contributed by atoms with Crippen LogP contribution in [0.25, 0.3) is 0 Å². The number of thiazole rings is 1. The lowest BCUT2D eigenvalue weighted by Crippen LogP contribution is -2.48. The van der Waals surface area contributed by atoms with Gasteiger partial charge in [0.25, 0.3) is 5.91 Å². The molecule has 0 aromatic carbocycles. The van der Waals surface area contributed by atoms with E-state index in [4.69, 9.17) is 5.11 Å². The number of urea groups is 1. The third-order valence-electron chi connectivity index (χ3n) is 3.11. The second-order valence-corrected chi connectivity index (χ2v) is 6.93. The van der Waals surface area contributed by atoms with Crippen molar-refractivity contribution in [3.8, 4) is 0 Å². The highest BCUT2D eigenvalue weighted by Gasteiger charge is 2.33. The molecule has 7 nitrogen and oxygen atoms in total. The van der Waals surface area contributed by atoms with Gasteiger partial charge < -0.3 is 15.7 Å². The fraction of sp³-hybridized carbons (Fsp3) is 0.615. The molecule has 1 aromatic heterocycles. The van der Waals surface area contributed by atoms with Crippen molar-refractivity contribution in [1.82, 2.24) is 15.6 Å². The third-order valence-corrected chi connectivity index (χ3v) is 4.12. The van der Waals surface area contributed by atoms with Crippen molar-refractivity contribution in [2.45, 2.75) is 32.7 Å². The Hall–Kier alpha value is -1.67. The molecular weight excluding hydrogens is 292 g/mol. The molecule has 0 spiro atoms. The number of carbonyl (C=O) groups excluding carboxylic acids is 2. The summed E-state index contributed by atoms with van der Waals surface area (Å²) in [6, 6.07) is -0.388. The van der Waals surface area contributed by atoms with Crippen LogP contribution in [0.2, 0.25) is 0 Å². The highest BCUT2D eigenvalue weighted by atomic mass is 32.1. The van der Waals surface area contributed by atoms with Crippen molar-refractivity contribution in [3.63, 3.8) is 0 Å². The van der Waals surface area contributed by atoms with Crippen molar-refractivity contribution in [1.29, 1.82) is 0 Å². The lowest BCUT2D eigenvalue weighted by Gasteiger charge is -2.29. The van der Waals surface area contributed by atoms with Crippen molar-refractivity contribution in [2.75, 3.05) is 18.5 Å². The van der Waals surface area contributed by atoms with Crippen molar-refractivity contribution in [3.05, 3.63) is 10.6 Å². The summed E-state index contributed by atoms with van der Waals surface area (Å²) in [4.78, 5) is 28.5. The van der Waals surface area contributed by atoms with E-state index in [1.165, 1.54) is 11.3 Å². The minimum atomic E-state index is -0.388. The molecule has 4 N–H and O–H groups in total. The van der Waals surface area contributed by atoms with Crippen LogP contribution in [-0.4, -0.2) is 40.7 Å². The standard InChI is InChI=1S/C13H20N4O3S/c1-7(6-18)5-14-11(20)16-12-15-8-4-13(2,3)17-10(19)9(8)21-12/h7,18H,4-6H2,1-3H3,(H,17,19)(H2,14,15,16,20). The summed E-state index contributed by atoms with van der Waals surface area (Å²) in [5.74, 6) is -0.159. The average molecular weight is 312 g/mol. The van der Waals surface area contributed by atoms with Gasteiger partial charge in [0, 0.05) is 25.1 Å². The summed E-state index contributed by atoms with van der Waals surface area (Å²) in [6.07, 6.45) is 0.634. The molecule has 2 heterocycles. The Morgan fingerprint density at radius 2 is 2.29 bits per heavy atom. The molecule has 2 rings (SSSR count). The minimum Gasteiger partial charge on any atom is -0.396 e. The molecule has 8 heteroatoms. The van der Waals surface area contributed by atoms with E-state index in [2.05, 4.69) is 20.9 Å². The summed E-state index contributed by atoms with van der Waals surface area (Å²) in [5, 5.41) is 17.5. The fourth-order valence-corrected chi connectivity index (χ4v) is 2.87. The first-order valence-electron chi connectivity index (χ1n) is 6.78. The van der Waals surface area contributed by atoms with Crippen LogP contribution in [0.4, 0.5) is 9.93 Å². The van der Waals surface area contributed by atoms with Crippen LogP contribution in [0.1, 0.15) is 36.1 Å². The molecule has 1 aliphatic rings. The Balaban J connectivity index is 2.00. The second kappa shape index (κ2) is 5.98. The Bertz CT molecular complexity index is 556. The third kappa shape index (κ3) is 3.92. The highest BCUT2D eigenvalue weighted by Crippen LogP contribution is 2.29. The average Bonchev–Trinajstić information content (AvgIpc) is 2.77. The lowest BCUT2D eigenvalue weighted by atomic mass is 9.94. The molecule has 0 aliphatic carbocycles. The second-order valence-electron chi connectivity index (χ2n) is 5.93. The van der Waals surface area contributed by atoms with Gasteiger partial charge >= 0.3 is 6.03 Å². The van der Waals surface area contributed by atoms with Gasteiger partial charge in [-0.1, -0.05) is 18.3 Å². The van der Waals surface area contributed by atoms with Gasteiger partial charge in [-0.05, 0) is 19.8 Å². The molecule has 1 atom stereocenters. The molecule has 0 bridgehead atoms. The van der Waals surface area contributed by atoms with Gasteiger partial charge in [-0.15, -0.1) is 0 Å². The number of aliphatic hydroxyl groups is 1. The normalized spacial score (nSPS) is 17.6. The first-order valence-corrected chi connectivity index (χ1v) is 7.60. The molecule has 3 amide bonds. The number of anilines is 1. The van der Waals surface area contributed by atoms with Crippen LogP contribution >= 0.6 is 11.3 Å². The lowest BCUT2D eigenvalue weighted by molar-refractivity contribution is 0.0901. The topological polar surface area (TPSA) is 103 Å². The summed E-state index contributed by atoms with van der Waals surface area (Å²) in [6.45, 7) is 6.09. The Labute approximate surface area is 127 Å². The molecule has 0 saturated heterocycles. The molecule has 1 unspecified atom stereocenters. The van der Waals surface area contributed by atoms with Crippen molar-refractivity contribution in [2.24, 2.45) is 5.92 Å². The maximum Gasteiger partial charge on any atom is 0.321 e. The molecule has 0 fully saturated rings. The van der Waals surface area contributed by atoms with Crippen molar-refractivity contribution < 1.29 is 14.7 Å². The van der Waals surface area contributed by atoms with Gasteiger partial charge in [-0.2, -0.15) is 0 Å². The van der Waals surface area contributed by atoms with Gasteiger partial charge in [0.15, 0.2) is 5.13 Å².